The van der Waals surface area contributed by atoms with Gasteiger partial charge in [-0.2, -0.15) is 0 Å². The quantitative estimate of drug-likeness (QED) is 0.0396. The molecule has 1 aromatic heterocycles. The van der Waals surface area contributed by atoms with Crippen LogP contribution in [0.25, 0.3) is 0 Å². The van der Waals surface area contributed by atoms with Crippen LogP contribution in [0.15, 0.2) is 71.9 Å². The van der Waals surface area contributed by atoms with Gasteiger partial charge in [-0.15, -0.1) is 5.10 Å². The summed E-state index contributed by atoms with van der Waals surface area (Å²) >= 11 is 0. The maximum Gasteiger partial charge on any atom is 0.322 e. The normalized spacial score (nSPS) is 12.5. The predicted octanol–water partition coefficient (Wildman–Crippen LogP) is -1.96. The summed E-state index contributed by atoms with van der Waals surface area (Å²) in [6.07, 6.45) is 2.86. The molecule has 48 heavy (non-hydrogen) atoms. The molecule has 2 aromatic carbocycles. The van der Waals surface area contributed by atoms with E-state index in [-0.39, 0.29) is 37.1 Å². The van der Waals surface area contributed by atoms with Gasteiger partial charge in [0, 0.05) is 25.4 Å². The Kier molecular flexibility index (Phi) is 14.5. The molecule has 0 aliphatic carbocycles. The molecular weight excluding hydrogens is 622 g/mol. The third-order valence-electron chi connectivity index (χ3n) is 6.90. The summed E-state index contributed by atoms with van der Waals surface area (Å²) in [5.74, 6) is -3.96. The van der Waals surface area contributed by atoms with E-state index in [0.717, 1.165) is 11.1 Å². The van der Waals surface area contributed by atoms with Gasteiger partial charge < -0.3 is 43.6 Å². The van der Waals surface area contributed by atoms with E-state index in [9.17, 15) is 24.0 Å². The number of carboxylic acid groups (broad SMARTS) is 1. The summed E-state index contributed by atoms with van der Waals surface area (Å²) in [6, 6.07) is 15.3. The Morgan fingerprint density at radius 1 is 0.833 bits per heavy atom. The largest absolute Gasteiger partial charge is 0.480 e. The van der Waals surface area contributed by atoms with Gasteiger partial charge in [-0.05, 0) is 24.0 Å². The second-order valence-corrected chi connectivity index (χ2v) is 10.9. The highest BCUT2D eigenvalue weighted by Crippen LogP contribution is 2.07. The summed E-state index contributed by atoms with van der Waals surface area (Å²) in [5, 5.41) is 26.8. The number of aromatic nitrogens is 3. The van der Waals surface area contributed by atoms with Gasteiger partial charge in [0.25, 0.3) is 5.91 Å². The number of amides is 4. The number of aliphatic carboxylic acids is 1. The second-order valence-electron chi connectivity index (χ2n) is 10.9. The molecule has 17 nitrogen and oxygen atoms in total. The van der Waals surface area contributed by atoms with Crippen LogP contribution in [0.1, 0.15) is 34.5 Å². The number of nitrogens with two attached hydrogens (primary N) is 3. The van der Waals surface area contributed by atoms with Crippen molar-refractivity contribution in [3.63, 3.8) is 0 Å². The van der Waals surface area contributed by atoms with Crippen LogP contribution in [0.3, 0.4) is 0 Å². The Balaban J connectivity index is 1.62. The van der Waals surface area contributed by atoms with E-state index >= 15 is 0 Å². The minimum absolute atomic E-state index is 0.00416. The summed E-state index contributed by atoms with van der Waals surface area (Å²) in [4.78, 5) is 66.8. The summed E-state index contributed by atoms with van der Waals surface area (Å²) in [6.45, 7) is -0.428. The lowest BCUT2D eigenvalue weighted by molar-refractivity contribution is -0.138. The molecule has 4 amide bonds. The SMILES string of the molecule is NC(N)=NCCC[C@H](N)Cn1cc(C(=O)N[C@@H](Cc2ccccc2)C(=O)NCC(=O)N[C@@H](Cc2ccccc2)C(=O)NCC(=O)O)nn1. The zero-order valence-electron chi connectivity index (χ0n) is 26.2. The average Bonchev–Trinajstić information content (AvgIpc) is 3.53. The van der Waals surface area contributed by atoms with Crippen LogP contribution in [0, 0.1) is 0 Å². The van der Waals surface area contributed by atoms with Crippen LogP contribution < -0.4 is 38.5 Å². The van der Waals surface area contributed by atoms with E-state index in [1.54, 1.807) is 54.6 Å². The van der Waals surface area contributed by atoms with Crippen LogP contribution >= 0.6 is 0 Å². The molecule has 11 N–H and O–H groups in total. The average molecular weight is 664 g/mol. The molecule has 0 bridgehead atoms. The van der Waals surface area contributed by atoms with Crippen molar-refractivity contribution in [3.8, 4) is 0 Å². The molecule has 0 aliphatic heterocycles. The molecule has 0 saturated heterocycles. The van der Waals surface area contributed by atoms with Gasteiger partial charge in [0.15, 0.2) is 11.7 Å². The predicted molar refractivity (Wildman–Crippen MR) is 175 cm³/mol. The number of benzene rings is 2. The number of nitrogens with zero attached hydrogens (tertiary/aromatic N) is 4. The third kappa shape index (κ3) is 13.3. The lowest BCUT2D eigenvalue weighted by Crippen LogP contribution is -2.53. The zero-order valence-corrected chi connectivity index (χ0v) is 26.2. The highest BCUT2D eigenvalue weighted by atomic mass is 16.4. The van der Waals surface area contributed by atoms with E-state index in [1.165, 1.54) is 10.9 Å². The molecular formula is C31H41N11O6. The summed E-state index contributed by atoms with van der Waals surface area (Å²) < 4.78 is 1.43. The number of hydrogen-bond acceptors (Lipinski definition) is 9. The fourth-order valence-corrected chi connectivity index (χ4v) is 4.56. The van der Waals surface area contributed by atoms with Gasteiger partial charge in [0.2, 0.25) is 17.7 Å². The first-order valence-electron chi connectivity index (χ1n) is 15.2. The molecule has 0 spiro atoms. The summed E-state index contributed by atoms with van der Waals surface area (Å²) in [5.41, 5.74) is 18.2. The molecule has 3 atom stereocenters. The van der Waals surface area contributed by atoms with E-state index in [2.05, 4.69) is 36.6 Å². The number of carbonyl (C=O) groups is 5. The van der Waals surface area contributed by atoms with Crippen molar-refractivity contribution in [3.05, 3.63) is 83.7 Å². The van der Waals surface area contributed by atoms with E-state index < -0.39 is 54.8 Å². The minimum Gasteiger partial charge on any atom is -0.480 e. The Morgan fingerprint density at radius 2 is 1.40 bits per heavy atom. The Morgan fingerprint density at radius 3 is 1.96 bits per heavy atom. The number of carbonyl (C=O) groups excluding carboxylic acids is 4. The maximum absolute atomic E-state index is 13.3. The van der Waals surface area contributed by atoms with Crippen LogP contribution in [-0.2, 0) is 38.6 Å². The van der Waals surface area contributed by atoms with Crippen molar-refractivity contribution in [2.24, 2.45) is 22.2 Å². The van der Waals surface area contributed by atoms with Gasteiger partial charge in [0.1, 0.15) is 18.6 Å². The number of nitrogens with one attached hydrogen (secondary N) is 4. The van der Waals surface area contributed by atoms with Gasteiger partial charge in [-0.3, -0.25) is 33.6 Å². The van der Waals surface area contributed by atoms with Crippen LogP contribution in [0.2, 0.25) is 0 Å². The number of hydrogen-bond donors (Lipinski definition) is 8. The van der Waals surface area contributed by atoms with Gasteiger partial charge in [-0.1, -0.05) is 65.9 Å². The monoisotopic (exact) mass is 663 g/mol. The van der Waals surface area contributed by atoms with Crippen molar-refractivity contribution in [1.29, 1.82) is 0 Å². The fourth-order valence-electron chi connectivity index (χ4n) is 4.56. The number of rotatable bonds is 19. The van der Waals surface area contributed by atoms with Crippen LogP contribution in [0.5, 0.6) is 0 Å². The first kappa shape index (κ1) is 36.6. The van der Waals surface area contributed by atoms with E-state index in [1.807, 2.05) is 6.07 Å². The second kappa shape index (κ2) is 19.0. The number of guanidine groups is 1. The van der Waals surface area contributed by atoms with Crippen LogP contribution in [0.4, 0.5) is 0 Å². The molecule has 256 valence electrons. The molecule has 1 heterocycles. The van der Waals surface area contributed by atoms with Crippen molar-refractivity contribution >= 4 is 35.6 Å². The third-order valence-corrected chi connectivity index (χ3v) is 6.90. The smallest absolute Gasteiger partial charge is 0.322 e. The zero-order chi connectivity index (χ0) is 34.9. The van der Waals surface area contributed by atoms with E-state index in [4.69, 9.17) is 22.3 Å². The van der Waals surface area contributed by atoms with Crippen molar-refractivity contribution in [2.75, 3.05) is 19.6 Å². The van der Waals surface area contributed by atoms with Crippen molar-refractivity contribution < 1.29 is 29.1 Å². The lowest BCUT2D eigenvalue weighted by atomic mass is 10.0. The molecule has 0 unspecified atom stereocenters. The first-order chi connectivity index (χ1) is 23.0. The van der Waals surface area contributed by atoms with E-state index in [0.29, 0.717) is 19.4 Å². The summed E-state index contributed by atoms with van der Waals surface area (Å²) in [7, 11) is 0. The first-order valence-corrected chi connectivity index (χ1v) is 15.2. The molecule has 0 radical (unpaired) electrons. The molecule has 3 rings (SSSR count). The fraction of sp³-hybridized carbons (Fsp3) is 0.355. The van der Waals surface area contributed by atoms with Gasteiger partial charge in [-0.25, -0.2) is 0 Å². The maximum atomic E-state index is 13.3. The highest BCUT2D eigenvalue weighted by molar-refractivity contribution is 5.97. The number of aliphatic imine (C=N–C) groups is 1. The number of carboxylic acids is 1. The Labute approximate surface area is 276 Å². The molecule has 3 aromatic rings. The highest BCUT2D eigenvalue weighted by Gasteiger charge is 2.26. The van der Waals surface area contributed by atoms with Gasteiger partial charge in [0.05, 0.1) is 19.3 Å². The molecule has 0 fully saturated rings. The Bertz CT molecular complexity index is 1540. The molecule has 0 aliphatic rings. The lowest BCUT2D eigenvalue weighted by Gasteiger charge is -2.20. The molecule has 0 saturated carbocycles. The standard InChI is InChI=1S/C31H41N11O6/c32-22(12-7-13-35-31(33)34)18-42-19-25(40-41-42)30(48)39-24(15-21-10-5-2-6-11-21)29(47)36-16-26(43)38-23(28(46)37-17-27(44)45)14-20-8-3-1-4-9-20/h1-6,8-11,19,22-24H,7,12-18,32H2,(H,36,47)(H,37,46)(H,38,43)(H,39,48)(H,44,45)(H4,33,34,35)/t22-,23-,24-/m0/s1. The topological polar surface area (TPSA) is 275 Å². The Hall–Kier alpha value is -5.84. The van der Waals surface area contributed by atoms with Gasteiger partial charge >= 0.3 is 5.97 Å². The molecule has 17 heteroatoms. The van der Waals surface area contributed by atoms with Crippen molar-refractivity contribution in [1.82, 2.24) is 36.3 Å². The minimum atomic E-state index is -1.24. The van der Waals surface area contributed by atoms with Crippen molar-refractivity contribution in [2.45, 2.75) is 50.4 Å². The van der Waals surface area contributed by atoms with Crippen LogP contribution in [-0.4, -0.2) is 93.4 Å².